The molecule has 0 saturated carbocycles. The first-order valence-electron chi connectivity index (χ1n) is 8.09. The number of sulfonamides is 1. The summed E-state index contributed by atoms with van der Waals surface area (Å²) < 4.78 is 25.9. The van der Waals surface area contributed by atoms with Crippen LogP contribution < -0.4 is 5.14 Å². The first-order valence-corrected chi connectivity index (χ1v) is 9.64. The third kappa shape index (κ3) is 3.23. The van der Waals surface area contributed by atoms with Crippen molar-refractivity contribution in [3.8, 4) is 22.4 Å². The molecule has 0 aliphatic heterocycles. The van der Waals surface area contributed by atoms with Gasteiger partial charge in [-0.1, -0.05) is 48.0 Å². The molecule has 1 heterocycles. The van der Waals surface area contributed by atoms with Crippen LogP contribution in [-0.4, -0.2) is 18.2 Å². The number of benzene rings is 2. The Labute approximate surface area is 148 Å². The molecule has 2 N–H and O–H groups in total. The Morgan fingerprint density at radius 3 is 2.28 bits per heavy atom. The van der Waals surface area contributed by atoms with Crippen LogP contribution in [0.5, 0.6) is 0 Å². The van der Waals surface area contributed by atoms with E-state index in [1.807, 2.05) is 49.7 Å². The molecular weight excluding hydrogens is 334 g/mol. The summed E-state index contributed by atoms with van der Waals surface area (Å²) in [4.78, 5) is 0.0871. The Morgan fingerprint density at radius 2 is 1.68 bits per heavy atom. The summed E-state index contributed by atoms with van der Waals surface area (Å²) in [7, 11) is -3.85. The molecule has 0 spiro atoms. The van der Waals surface area contributed by atoms with Gasteiger partial charge in [-0.15, -0.1) is 0 Å². The average Bonchev–Trinajstić information content (AvgIpc) is 2.91. The minimum atomic E-state index is -3.85. The zero-order valence-corrected chi connectivity index (χ0v) is 15.3. The van der Waals surface area contributed by atoms with Crippen LogP contribution in [0.4, 0.5) is 0 Å². The van der Waals surface area contributed by atoms with Crippen LogP contribution >= 0.6 is 0 Å². The zero-order chi connectivity index (χ0) is 18.2. The lowest BCUT2D eigenvalue weighted by Crippen LogP contribution is -2.13. The third-order valence-electron chi connectivity index (χ3n) is 4.29. The second kappa shape index (κ2) is 6.46. The number of nitrogens with zero attached hydrogens (tertiary/aromatic N) is 2. The monoisotopic (exact) mass is 355 g/mol. The van der Waals surface area contributed by atoms with Crippen molar-refractivity contribution in [3.05, 3.63) is 59.8 Å². The van der Waals surface area contributed by atoms with Gasteiger partial charge in [-0.25, -0.2) is 13.6 Å². The molecule has 0 bridgehead atoms. The second-order valence-corrected chi connectivity index (χ2v) is 7.56. The van der Waals surface area contributed by atoms with Gasteiger partial charge in [0.25, 0.3) is 0 Å². The lowest BCUT2D eigenvalue weighted by Gasteiger charge is -2.09. The molecule has 3 rings (SSSR count). The minimum Gasteiger partial charge on any atom is -0.269 e. The van der Waals surface area contributed by atoms with Crippen molar-refractivity contribution < 1.29 is 8.42 Å². The fraction of sp³-hybridized carbons (Fsp3) is 0.211. The van der Waals surface area contributed by atoms with Crippen molar-refractivity contribution in [2.75, 3.05) is 0 Å². The molecule has 5 nitrogen and oxygen atoms in total. The lowest BCUT2D eigenvalue weighted by atomic mass is 9.98. The van der Waals surface area contributed by atoms with Gasteiger partial charge in [0.2, 0.25) is 10.0 Å². The molecule has 0 aliphatic carbocycles. The van der Waals surface area contributed by atoms with E-state index in [1.54, 1.807) is 18.2 Å². The molecule has 0 amide bonds. The van der Waals surface area contributed by atoms with E-state index in [-0.39, 0.29) is 4.90 Å². The number of hydrogen-bond acceptors (Lipinski definition) is 3. The van der Waals surface area contributed by atoms with Crippen LogP contribution in [0.2, 0.25) is 0 Å². The molecular formula is C19H21N3O2S. The summed E-state index contributed by atoms with van der Waals surface area (Å²) in [6.45, 7) is 6.73. The molecule has 6 heteroatoms. The quantitative estimate of drug-likeness (QED) is 0.778. The van der Waals surface area contributed by atoms with Crippen LogP contribution in [0.3, 0.4) is 0 Å². The topological polar surface area (TPSA) is 78.0 Å². The van der Waals surface area contributed by atoms with Crippen molar-refractivity contribution in [2.45, 2.75) is 32.2 Å². The second-order valence-electron chi connectivity index (χ2n) is 6.03. The predicted molar refractivity (Wildman–Crippen MR) is 99.6 cm³/mol. The highest BCUT2D eigenvalue weighted by atomic mass is 32.2. The fourth-order valence-corrected chi connectivity index (χ4v) is 3.76. The van der Waals surface area contributed by atoms with Crippen molar-refractivity contribution in [1.29, 1.82) is 0 Å². The summed E-state index contributed by atoms with van der Waals surface area (Å²) in [6, 6.07) is 14.9. The van der Waals surface area contributed by atoms with Gasteiger partial charge in [0.15, 0.2) is 0 Å². The van der Waals surface area contributed by atoms with Gasteiger partial charge in [0, 0.05) is 23.4 Å². The number of rotatable bonds is 4. The average molecular weight is 355 g/mol. The maximum atomic E-state index is 12.0. The first kappa shape index (κ1) is 17.4. The number of nitrogens with two attached hydrogens (primary N) is 1. The highest BCUT2D eigenvalue weighted by molar-refractivity contribution is 7.89. The van der Waals surface area contributed by atoms with E-state index >= 15 is 0 Å². The maximum Gasteiger partial charge on any atom is 0.238 e. The highest BCUT2D eigenvalue weighted by Gasteiger charge is 2.22. The van der Waals surface area contributed by atoms with E-state index in [4.69, 9.17) is 5.14 Å². The van der Waals surface area contributed by atoms with Crippen molar-refractivity contribution >= 4 is 10.0 Å². The lowest BCUT2D eigenvalue weighted by molar-refractivity contribution is 0.598. The van der Waals surface area contributed by atoms with E-state index in [9.17, 15) is 8.42 Å². The van der Waals surface area contributed by atoms with Crippen LogP contribution in [-0.2, 0) is 16.6 Å². The molecule has 1 aromatic heterocycles. The maximum absolute atomic E-state index is 12.0. The van der Waals surface area contributed by atoms with E-state index in [2.05, 4.69) is 5.10 Å². The summed E-state index contributed by atoms with van der Waals surface area (Å²) in [6.07, 6.45) is 0. The van der Waals surface area contributed by atoms with Crippen molar-refractivity contribution in [2.24, 2.45) is 5.14 Å². The Morgan fingerprint density at radius 1 is 1.04 bits per heavy atom. The molecule has 3 aromatic rings. The summed E-state index contributed by atoms with van der Waals surface area (Å²) in [5.41, 5.74) is 5.24. The minimum absolute atomic E-state index is 0.0871. The Bertz CT molecular complexity index is 1020. The fourth-order valence-electron chi connectivity index (χ4n) is 3.02. The summed E-state index contributed by atoms with van der Waals surface area (Å²) in [5, 5.41) is 10.1. The van der Waals surface area contributed by atoms with Crippen LogP contribution in [0.1, 0.15) is 18.2 Å². The molecule has 25 heavy (non-hydrogen) atoms. The molecule has 0 unspecified atom stereocenters. The Balaban J connectivity index is 2.34. The van der Waals surface area contributed by atoms with E-state index in [0.717, 1.165) is 22.4 Å². The largest absolute Gasteiger partial charge is 0.269 e. The number of primary sulfonamides is 1. The number of aryl methyl sites for hydroxylation is 2. The molecule has 2 aromatic carbocycles. The molecule has 0 aliphatic rings. The van der Waals surface area contributed by atoms with Crippen LogP contribution in [0.15, 0.2) is 53.4 Å². The summed E-state index contributed by atoms with van der Waals surface area (Å²) in [5.74, 6) is 0. The van der Waals surface area contributed by atoms with Gasteiger partial charge >= 0.3 is 0 Å². The number of aromatic nitrogens is 2. The van der Waals surface area contributed by atoms with Gasteiger partial charge in [0.05, 0.1) is 4.90 Å². The van der Waals surface area contributed by atoms with Gasteiger partial charge in [0.1, 0.15) is 5.69 Å². The molecule has 0 saturated heterocycles. The van der Waals surface area contributed by atoms with Crippen LogP contribution in [0.25, 0.3) is 22.4 Å². The van der Waals surface area contributed by atoms with Gasteiger partial charge in [-0.2, -0.15) is 5.10 Å². The predicted octanol–water partition coefficient (Wildman–Crippen LogP) is 3.50. The summed E-state index contributed by atoms with van der Waals surface area (Å²) >= 11 is 0. The van der Waals surface area contributed by atoms with E-state index < -0.39 is 10.0 Å². The van der Waals surface area contributed by atoms with Crippen LogP contribution in [0, 0.1) is 13.8 Å². The normalized spacial score (nSPS) is 11.7. The number of hydrogen-bond donors (Lipinski definition) is 1. The highest BCUT2D eigenvalue weighted by Crippen LogP contribution is 2.37. The smallest absolute Gasteiger partial charge is 0.238 e. The van der Waals surface area contributed by atoms with Gasteiger partial charge in [-0.05, 0) is 32.4 Å². The molecule has 0 atom stereocenters. The standard InChI is InChI=1S/C19H21N3O2S/c1-4-22-14(3)18(15-11-9-13(2)10-12-15)19(21-22)16-7-5-6-8-17(16)25(20,23)24/h5-12H,4H2,1-3H3,(H2,20,23,24). The zero-order valence-electron chi connectivity index (χ0n) is 14.5. The van der Waals surface area contributed by atoms with Crippen molar-refractivity contribution in [1.82, 2.24) is 9.78 Å². The molecule has 130 valence electrons. The molecule has 0 radical (unpaired) electrons. The first-order chi connectivity index (χ1) is 11.8. The third-order valence-corrected chi connectivity index (χ3v) is 5.26. The Hall–Kier alpha value is -2.44. The van der Waals surface area contributed by atoms with Gasteiger partial charge < -0.3 is 0 Å². The van der Waals surface area contributed by atoms with E-state index in [0.29, 0.717) is 17.8 Å². The Kier molecular flexibility index (Phi) is 4.49. The SMILES string of the molecule is CCn1nc(-c2ccccc2S(N)(=O)=O)c(-c2ccc(C)cc2)c1C. The van der Waals surface area contributed by atoms with Crippen molar-refractivity contribution in [3.63, 3.8) is 0 Å². The van der Waals surface area contributed by atoms with Gasteiger partial charge in [-0.3, -0.25) is 4.68 Å². The molecule has 0 fully saturated rings. The van der Waals surface area contributed by atoms with E-state index in [1.165, 1.54) is 6.07 Å².